The highest BCUT2D eigenvalue weighted by molar-refractivity contribution is 7.98. The van der Waals surface area contributed by atoms with Gasteiger partial charge < -0.3 is 10.6 Å². The number of hydrogen-bond donors (Lipinski definition) is 1. The molecule has 7 heteroatoms. The highest BCUT2D eigenvalue weighted by Gasteiger charge is 2.22. The average Bonchev–Trinajstić information content (AvgIpc) is 2.29. The first-order valence-electron chi connectivity index (χ1n) is 5.88. The van der Waals surface area contributed by atoms with Crippen molar-refractivity contribution < 1.29 is 13.2 Å². The first-order valence-corrected chi connectivity index (χ1v) is 9.33. The number of sulfone groups is 1. The van der Waals surface area contributed by atoms with E-state index >= 15 is 0 Å². The molecule has 0 aromatic rings. The Hall–Kier alpha value is -0.270. The summed E-state index contributed by atoms with van der Waals surface area (Å²) in [6.07, 6.45) is 4.25. The smallest absolute Gasteiger partial charge is 0.239 e. The quantitative estimate of drug-likeness (QED) is 0.699. The fourth-order valence-corrected chi connectivity index (χ4v) is 2.68. The van der Waals surface area contributed by atoms with Gasteiger partial charge in [-0.15, -0.1) is 0 Å². The first kappa shape index (κ1) is 17.7. The Morgan fingerprint density at radius 2 is 1.94 bits per heavy atom. The molecule has 0 rings (SSSR count). The maximum atomic E-state index is 12.0. The van der Waals surface area contributed by atoms with Crippen LogP contribution in [0.3, 0.4) is 0 Å². The molecule has 0 fully saturated rings. The van der Waals surface area contributed by atoms with Gasteiger partial charge in [0.05, 0.1) is 11.8 Å². The van der Waals surface area contributed by atoms with Crippen LogP contribution in [-0.4, -0.2) is 62.4 Å². The third kappa shape index (κ3) is 7.23. The summed E-state index contributed by atoms with van der Waals surface area (Å²) in [5.74, 6) is 0.747. The number of nitrogens with zero attached hydrogens (tertiary/aromatic N) is 1. The minimum Gasteiger partial charge on any atom is -0.342 e. The zero-order valence-corrected chi connectivity index (χ0v) is 13.2. The van der Waals surface area contributed by atoms with Crippen LogP contribution in [0.1, 0.15) is 19.8 Å². The summed E-state index contributed by atoms with van der Waals surface area (Å²) < 4.78 is 22.0. The molecule has 0 spiro atoms. The van der Waals surface area contributed by atoms with E-state index in [0.29, 0.717) is 0 Å². The van der Waals surface area contributed by atoms with Crippen LogP contribution in [0.2, 0.25) is 0 Å². The lowest BCUT2D eigenvalue weighted by molar-refractivity contribution is -0.133. The summed E-state index contributed by atoms with van der Waals surface area (Å²) in [4.78, 5) is 13.6. The molecule has 0 radical (unpaired) electrons. The van der Waals surface area contributed by atoms with E-state index in [1.54, 1.807) is 23.7 Å². The number of nitrogens with two attached hydrogens (primary N) is 1. The van der Waals surface area contributed by atoms with Gasteiger partial charge in [0, 0.05) is 19.3 Å². The zero-order valence-electron chi connectivity index (χ0n) is 11.5. The Kier molecular flexibility index (Phi) is 7.89. The standard InChI is InChI=1S/C11H24N2O3S2/c1-9(5-7-17-3)13(2)11(14)10(12)6-8-18(4,15)16/h9-10H,5-8,12H2,1-4H3. The molecule has 0 bridgehead atoms. The van der Waals surface area contributed by atoms with Crippen LogP contribution >= 0.6 is 11.8 Å². The van der Waals surface area contributed by atoms with E-state index in [0.717, 1.165) is 18.4 Å². The van der Waals surface area contributed by atoms with Crippen molar-refractivity contribution in [1.82, 2.24) is 4.90 Å². The van der Waals surface area contributed by atoms with Crippen LogP contribution < -0.4 is 5.73 Å². The second-order valence-electron chi connectivity index (χ2n) is 4.60. The lowest BCUT2D eigenvalue weighted by Crippen LogP contribution is -2.46. The van der Waals surface area contributed by atoms with Crippen LogP contribution in [-0.2, 0) is 14.6 Å². The second-order valence-corrected chi connectivity index (χ2v) is 7.85. The SMILES string of the molecule is CSCCC(C)N(C)C(=O)C(N)CCS(C)(=O)=O. The Morgan fingerprint density at radius 3 is 2.39 bits per heavy atom. The van der Waals surface area contributed by atoms with Crippen molar-refractivity contribution >= 4 is 27.5 Å². The molecule has 108 valence electrons. The number of thioether (sulfide) groups is 1. The number of likely N-dealkylation sites (N-methyl/N-ethyl adjacent to an activating group) is 1. The first-order chi connectivity index (χ1) is 8.19. The van der Waals surface area contributed by atoms with Crippen molar-refractivity contribution in [2.45, 2.75) is 31.8 Å². The number of carbonyl (C=O) groups is 1. The van der Waals surface area contributed by atoms with Crippen molar-refractivity contribution in [2.24, 2.45) is 5.73 Å². The van der Waals surface area contributed by atoms with E-state index in [1.807, 2.05) is 13.2 Å². The summed E-state index contributed by atoms with van der Waals surface area (Å²) in [5.41, 5.74) is 5.73. The lowest BCUT2D eigenvalue weighted by Gasteiger charge is -2.27. The minimum atomic E-state index is -3.07. The Labute approximate surface area is 114 Å². The topological polar surface area (TPSA) is 80.5 Å². The van der Waals surface area contributed by atoms with Gasteiger partial charge in [-0.25, -0.2) is 8.42 Å². The molecule has 2 N–H and O–H groups in total. The third-order valence-electron chi connectivity index (χ3n) is 2.87. The van der Waals surface area contributed by atoms with Gasteiger partial charge in [-0.2, -0.15) is 11.8 Å². The van der Waals surface area contributed by atoms with Crippen LogP contribution in [0.25, 0.3) is 0 Å². The minimum absolute atomic E-state index is 0.0487. The number of rotatable bonds is 8. The largest absolute Gasteiger partial charge is 0.342 e. The van der Waals surface area contributed by atoms with Crippen molar-refractivity contribution in [2.75, 3.05) is 31.1 Å². The number of amides is 1. The molecule has 2 atom stereocenters. The average molecular weight is 296 g/mol. The molecule has 18 heavy (non-hydrogen) atoms. The van der Waals surface area contributed by atoms with Gasteiger partial charge in [0.25, 0.3) is 0 Å². The molecule has 0 aliphatic heterocycles. The van der Waals surface area contributed by atoms with E-state index in [9.17, 15) is 13.2 Å². The summed E-state index contributed by atoms with van der Waals surface area (Å²) in [7, 11) is -1.35. The van der Waals surface area contributed by atoms with Crippen molar-refractivity contribution in [1.29, 1.82) is 0 Å². The van der Waals surface area contributed by atoms with Gasteiger partial charge in [-0.05, 0) is 31.8 Å². The summed E-state index contributed by atoms with van der Waals surface area (Å²) in [6.45, 7) is 1.97. The Morgan fingerprint density at radius 1 is 1.39 bits per heavy atom. The summed E-state index contributed by atoms with van der Waals surface area (Å²) in [6, 6.07) is -0.615. The molecule has 0 heterocycles. The molecule has 5 nitrogen and oxygen atoms in total. The van der Waals surface area contributed by atoms with E-state index in [-0.39, 0.29) is 24.1 Å². The van der Waals surface area contributed by atoms with Gasteiger partial charge >= 0.3 is 0 Å². The van der Waals surface area contributed by atoms with Crippen LogP contribution in [0, 0.1) is 0 Å². The lowest BCUT2D eigenvalue weighted by atomic mass is 10.1. The fourth-order valence-electron chi connectivity index (χ4n) is 1.43. The maximum Gasteiger partial charge on any atom is 0.239 e. The van der Waals surface area contributed by atoms with E-state index in [2.05, 4.69) is 0 Å². The van der Waals surface area contributed by atoms with Crippen molar-refractivity contribution in [3.05, 3.63) is 0 Å². The molecule has 0 aliphatic rings. The van der Waals surface area contributed by atoms with Crippen molar-refractivity contribution in [3.8, 4) is 0 Å². The van der Waals surface area contributed by atoms with Gasteiger partial charge in [0.1, 0.15) is 9.84 Å². The fraction of sp³-hybridized carbons (Fsp3) is 0.909. The maximum absolute atomic E-state index is 12.0. The highest BCUT2D eigenvalue weighted by Crippen LogP contribution is 2.08. The summed E-state index contributed by atoms with van der Waals surface area (Å²) in [5, 5.41) is 0. The van der Waals surface area contributed by atoms with Crippen LogP contribution in [0.15, 0.2) is 0 Å². The molecule has 0 saturated heterocycles. The van der Waals surface area contributed by atoms with Crippen molar-refractivity contribution in [3.63, 3.8) is 0 Å². The van der Waals surface area contributed by atoms with Gasteiger partial charge in [0.15, 0.2) is 0 Å². The van der Waals surface area contributed by atoms with E-state index in [4.69, 9.17) is 5.73 Å². The molecular formula is C11H24N2O3S2. The molecule has 0 saturated carbocycles. The van der Waals surface area contributed by atoms with Crippen LogP contribution in [0.5, 0.6) is 0 Å². The van der Waals surface area contributed by atoms with Gasteiger partial charge in [-0.3, -0.25) is 4.79 Å². The highest BCUT2D eigenvalue weighted by atomic mass is 32.2. The molecule has 0 aliphatic carbocycles. The molecule has 0 aromatic heterocycles. The zero-order chi connectivity index (χ0) is 14.3. The third-order valence-corrected chi connectivity index (χ3v) is 4.49. The molecule has 0 aromatic carbocycles. The molecule has 1 amide bonds. The molecule has 2 unspecified atom stereocenters. The number of hydrogen-bond acceptors (Lipinski definition) is 5. The Balaban J connectivity index is 4.27. The monoisotopic (exact) mass is 296 g/mol. The summed E-state index contributed by atoms with van der Waals surface area (Å²) >= 11 is 1.73. The van der Waals surface area contributed by atoms with Crippen LogP contribution in [0.4, 0.5) is 0 Å². The number of carbonyl (C=O) groups excluding carboxylic acids is 1. The van der Waals surface area contributed by atoms with Gasteiger partial charge in [-0.1, -0.05) is 0 Å². The predicted octanol–water partition coefficient (Wildman–Crippen LogP) is 0.348. The van der Waals surface area contributed by atoms with Gasteiger partial charge in [0.2, 0.25) is 5.91 Å². The van der Waals surface area contributed by atoms with E-state index < -0.39 is 15.9 Å². The molecular weight excluding hydrogens is 272 g/mol. The second kappa shape index (κ2) is 8.01. The Bertz CT molecular complexity index is 357. The normalized spacial score (nSPS) is 15.2. The van der Waals surface area contributed by atoms with E-state index in [1.165, 1.54) is 0 Å². The predicted molar refractivity (Wildman–Crippen MR) is 77.5 cm³/mol.